The first kappa shape index (κ1) is 17.7. The van der Waals surface area contributed by atoms with Gasteiger partial charge in [0.15, 0.2) is 6.61 Å². The van der Waals surface area contributed by atoms with Gasteiger partial charge in [-0.3, -0.25) is 4.90 Å². The summed E-state index contributed by atoms with van der Waals surface area (Å²) in [6, 6.07) is 20.5. The molecule has 1 aliphatic heterocycles. The maximum Gasteiger partial charge on any atom is 0.240 e. The summed E-state index contributed by atoms with van der Waals surface area (Å²) in [4.78, 5) is 6.90. The molecule has 0 N–H and O–H groups in total. The molecule has 2 aromatic carbocycles. The van der Waals surface area contributed by atoms with Crippen molar-refractivity contribution >= 4 is 0 Å². The number of benzene rings is 2. The van der Waals surface area contributed by atoms with Crippen LogP contribution in [0.4, 0.5) is 0 Å². The SMILES string of the molecule is c1ccc(OCc2noc(CN3CCCC(c4ccccc4)CC3)n2)cc1. The van der Waals surface area contributed by atoms with Crippen molar-refractivity contribution < 1.29 is 9.26 Å². The van der Waals surface area contributed by atoms with Gasteiger partial charge in [0.2, 0.25) is 11.7 Å². The Labute approximate surface area is 160 Å². The predicted octanol–water partition coefficient (Wildman–Crippen LogP) is 4.42. The molecule has 0 saturated carbocycles. The Morgan fingerprint density at radius 2 is 1.74 bits per heavy atom. The smallest absolute Gasteiger partial charge is 0.240 e. The van der Waals surface area contributed by atoms with Crippen LogP contribution < -0.4 is 4.74 Å². The molecular formula is C22H25N3O2. The fourth-order valence-corrected chi connectivity index (χ4v) is 3.64. The van der Waals surface area contributed by atoms with Crippen molar-refractivity contribution in [3.63, 3.8) is 0 Å². The van der Waals surface area contributed by atoms with Crippen molar-refractivity contribution in [3.8, 4) is 5.75 Å². The molecule has 27 heavy (non-hydrogen) atoms. The van der Waals surface area contributed by atoms with E-state index in [4.69, 9.17) is 9.26 Å². The summed E-state index contributed by atoms with van der Waals surface area (Å²) in [5.74, 6) is 2.71. The number of para-hydroxylation sites is 1. The van der Waals surface area contributed by atoms with Crippen LogP contribution in [0.5, 0.6) is 5.75 Å². The monoisotopic (exact) mass is 363 g/mol. The van der Waals surface area contributed by atoms with Gasteiger partial charge >= 0.3 is 0 Å². The summed E-state index contributed by atoms with van der Waals surface area (Å²) in [6.07, 6.45) is 3.60. The minimum absolute atomic E-state index is 0.323. The second kappa shape index (κ2) is 8.82. The van der Waals surface area contributed by atoms with E-state index < -0.39 is 0 Å². The van der Waals surface area contributed by atoms with E-state index in [9.17, 15) is 0 Å². The second-order valence-corrected chi connectivity index (χ2v) is 7.02. The van der Waals surface area contributed by atoms with E-state index >= 15 is 0 Å². The number of rotatable bonds is 6. The molecule has 1 aromatic heterocycles. The minimum atomic E-state index is 0.323. The fraction of sp³-hybridized carbons (Fsp3) is 0.364. The van der Waals surface area contributed by atoms with E-state index in [1.54, 1.807) is 0 Å². The summed E-state index contributed by atoms with van der Waals surface area (Å²) >= 11 is 0. The molecule has 140 valence electrons. The van der Waals surface area contributed by atoms with E-state index in [2.05, 4.69) is 45.4 Å². The van der Waals surface area contributed by atoms with Crippen molar-refractivity contribution in [2.45, 2.75) is 38.3 Å². The number of ether oxygens (including phenoxy) is 1. The summed E-state index contributed by atoms with van der Waals surface area (Å²) in [7, 11) is 0. The van der Waals surface area contributed by atoms with Crippen molar-refractivity contribution in [1.82, 2.24) is 15.0 Å². The first-order valence-corrected chi connectivity index (χ1v) is 9.63. The highest BCUT2D eigenvalue weighted by molar-refractivity contribution is 5.21. The number of aromatic nitrogens is 2. The van der Waals surface area contributed by atoms with Crippen molar-refractivity contribution in [3.05, 3.63) is 77.9 Å². The van der Waals surface area contributed by atoms with Crippen LogP contribution in [-0.2, 0) is 13.2 Å². The third kappa shape index (κ3) is 4.95. The second-order valence-electron chi connectivity index (χ2n) is 7.02. The molecule has 5 heteroatoms. The van der Waals surface area contributed by atoms with Gasteiger partial charge in [0, 0.05) is 0 Å². The summed E-state index contributed by atoms with van der Waals surface area (Å²) in [6.45, 7) is 3.16. The van der Waals surface area contributed by atoms with Gasteiger partial charge < -0.3 is 9.26 Å². The fourth-order valence-electron chi connectivity index (χ4n) is 3.64. The minimum Gasteiger partial charge on any atom is -0.485 e. The third-order valence-corrected chi connectivity index (χ3v) is 5.07. The molecule has 0 spiro atoms. The number of nitrogens with zero attached hydrogens (tertiary/aromatic N) is 3. The van der Waals surface area contributed by atoms with Gasteiger partial charge in [0.1, 0.15) is 5.75 Å². The van der Waals surface area contributed by atoms with Crippen molar-refractivity contribution in [2.75, 3.05) is 13.1 Å². The molecule has 4 rings (SSSR count). The number of hydrogen-bond acceptors (Lipinski definition) is 5. The van der Waals surface area contributed by atoms with Gasteiger partial charge in [0.25, 0.3) is 0 Å². The lowest BCUT2D eigenvalue weighted by molar-refractivity contribution is 0.231. The maximum absolute atomic E-state index is 5.68. The molecule has 0 radical (unpaired) electrons. The van der Waals surface area contributed by atoms with E-state index in [1.165, 1.54) is 24.8 Å². The zero-order valence-corrected chi connectivity index (χ0v) is 15.5. The van der Waals surface area contributed by atoms with Gasteiger partial charge in [-0.15, -0.1) is 0 Å². The highest BCUT2D eigenvalue weighted by atomic mass is 16.5. The Hall–Kier alpha value is -2.66. The average Bonchev–Trinajstić information content (AvgIpc) is 3.04. The Morgan fingerprint density at radius 3 is 2.56 bits per heavy atom. The molecule has 2 heterocycles. The lowest BCUT2D eigenvalue weighted by Crippen LogP contribution is -2.24. The van der Waals surface area contributed by atoms with Crippen LogP contribution in [0.2, 0.25) is 0 Å². The molecule has 0 bridgehead atoms. The topological polar surface area (TPSA) is 51.4 Å². The normalized spacial score (nSPS) is 18.1. The van der Waals surface area contributed by atoms with Gasteiger partial charge in [0.05, 0.1) is 6.54 Å². The first-order valence-electron chi connectivity index (χ1n) is 9.63. The Balaban J connectivity index is 1.29. The number of likely N-dealkylation sites (tertiary alicyclic amines) is 1. The van der Waals surface area contributed by atoms with Gasteiger partial charge in [-0.05, 0) is 56.0 Å². The summed E-state index contributed by atoms with van der Waals surface area (Å²) in [5.41, 5.74) is 1.46. The molecule has 1 saturated heterocycles. The molecule has 0 aliphatic carbocycles. The molecule has 1 fully saturated rings. The van der Waals surface area contributed by atoms with Gasteiger partial charge in [-0.2, -0.15) is 4.98 Å². The molecule has 1 unspecified atom stereocenters. The van der Waals surface area contributed by atoms with Crippen LogP contribution in [0, 0.1) is 0 Å². The van der Waals surface area contributed by atoms with E-state index in [0.29, 0.717) is 30.8 Å². The maximum atomic E-state index is 5.68. The quantitative estimate of drug-likeness (QED) is 0.649. The molecular weight excluding hydrogens is 338 g/mol. The van der Waals surface area contributed by atoms with E-state index in [1.807, 2.05) is 30.3 Å². The van der Waals surface area contributed by atoms with Crippen LogP contribution in [0.3, 0.4) is 0 Å². The highest BCUT2D eigenvalue weighted by Gasteiger charge is 2.20. The average molecular weight is 363 g/mol. The largest absolute Gasteiger partial charge is 0.485 e. The van der Waals surface area contributed by atoms with Crippen LogP contribution >= 0.6 is 0 Å². The molecule has 0 amide bonds. The van der Waals surface area contributed by atoms with Crippen molar-refractivity contribution in [1.29, 1.82) is 0 Å². The zero-order chi connectivity index (χ0) is 18.3. The van der Waals surface area contributed by atoms with E-state index in [0.717, 1.165) is 18.8 Å². The highest BCUT2D eigenvalue weighted by Crippen LogP contribution is 2.28. The van der Waals surface area contributed by atoms with Crippen LogP contribution in [0.15, 0.2) is 65.2 Å². The van der Waals surface area contributed by atoms with Crippen LogP contribution in [0.1, 0.15) is 42.5 Å². The van der Waals surface area contributed by atoms with Crippen molar-refractivity contribution in [2.24, 2.45) is 0 Å². The zero-order valence-electron chi connectivity index (χ0n) is 15.5. The summed E-state index contributed by atoms with van der Waals surface area (Å²) in [5, 5.41) is 4.04. The lowest BCUT2D eigenvalue weighted by atomic mass is 9.92. The predicted molar refractivity (Wildman–Crippen MR) is 103 cm³/mol. The standard InChI is InChI=1S/C22H25N3O2/c1-3-8-18(9-4-1)19-10-7-14-25(15-13-19)16-22-23-21(24-27-22)17-26-20-11-5-2-6-12-20/h1-6,8-9,11-12,19H,7,10,13-17H2. The van der Waals surface area contributed by atoms with Gasteiger partial charge in [-0.25, -0.2) is 0 Å². The third-order valence-electron chi connectivity index (χ3n) is 5.07. The van der Waals surface area contributed by atoms with Crippen LogP contribution in [-0.4, -0.2) is 28.1 Å². The Bertz CT molecular complexity index is 820. The van der Waals surface area contributed by atoms with Crippen LogP contribution in [0.25, 0.3) is 0 Å². The van der Waals surface area contributed by atoms with Gasteiger partial charge in [-0.1, -0.05) is 53.7 Å². The molecule has 5 nitrogen and oxygen atoms in total. The summed E-state index contributed by atoms with van der Waals surface area (Å²) < 4.78 is 11.1. The van der Waals surface area contributed by atoms with E-state index in [-0.39, 0.29) is 0 Å². The Morgan fingerprint density at radius 1 is 0.963 bits per heavy atom. The Kier molecular flexibility index (Phi) is 5.80. The number of hydrogen-bond donors (Lipinski definition) is 0. The lowest BCUT2D eigenvalue weighted by Gasteiger charge is -2.18. The molecule has 3 aromatic rings. The molecule has 1 aliphatic rings. The first-order chi connectivity index (χ1) is 13.4. The molecule has 1 atom stereocenters.